The third-order valence-corrected chi connectivity index (χ3v) is 10.3. The molecule has 298 valence electrons. The van der Waals surface area contributed by atoms with Crippen LogP contribution in [0.3, 0.4) is 0 Å². The van der Waals surface area contributed by atoms with Gasteiger partial charge in [-0.25, -0.2) is 4.79 Å². The highest BCUT2D eigenvalue weighted by atomic mass is 16.4. The van der Waals surface area contributed by atoms with Crippen molar-refractivity contribution in [1.29, 1.82) is 0 Å². The number of hydrogen-bond acceptors (Lipinski definition) is 7. The number of carboxylic acid groups (broad SMARTS) is 1. The van der Waals surface area contributed by atoms with Crippen molar-refractivity contribution in [2.75, 3.05) is 6.54 Å². The molecule has 1 fully saturated rings. The maximum absolute atomic E-state index is 14.7. The van der Waals surface area contributed by atoms with Gasteiger partial charge in [0, 0.05) is 32.9 Å². The van der Waals surface area contributed by atoms with Crippen LogP contribution in [0.5, 0.6) is 0 Å². The minimum atomic E-state index is -1.26. The standard InChI is InChI=1S/C40H56N8O7/c1-24(2)33(44-25(3)49)36(51)47-34(27-15-8-5-9-16-27)37(52)45-30(19-12-20-43-40(41)42)38(53)48-23-29-18-11-10-17-28(29)22-32(48)35(50)46-31(39(54)55)21-26-13-6-4-7-14-26/h4,6-7,10-11,13-14,17-18,24,27,30-34H,5,8-9,12,15-16,19-23H2,1-3H3,(H,44,49)(H,45,52)(H,46,50)(H,47,51)(H,54,55)(H4,41,42,43)/t30-,31-,32-,33-,34?/m0/s1. The number of hydrogen-bond donors (Lipinski definition) is 7. The van der Waals surface area contributed by atoms with E-state index in [-0.39, 0.29) is 56.1 Å². The molecule has 0 saturated heterocycles. The first kappa shape index (κ1) is 42.3. The molecule has 1 unspecified atom stereocenters. The van der Waals surface area contributed by atoms with Crippen LogP contribution >= 0.6 is 0 Å². The molecule has 9 N–H and O–H groups in total. The van der Waals surface area contributed by atoms with Gasteiger partial charge in [0.25, 0.3) is 0 Å². The molecule has 1 heterocycles. The minimum absolute atomic E-state index is 0.0382. The number of carbonyl (C=O) groups is 6. The highest BCUT2D eigenvalue weighted by Crippen LogP contribution is 2.28. The number of carboxylic acids is 1. The molecule has 0 radical (unpaired) electrons. The van der Waals surface area contributed by atoms with E-state index in [0.717, 1.165) is 36.0 Å². The largest absolute Gasteiger partial charge is 0.480 e. The average Bonchev–Trinajstić information content (AvgIpc) is 3.16. The number of guanidine groups is 1. The van der Waals surface area contributed by atoms with Crippen molar-refractivity contribution in [1.82, 2.24) is 26.2 Å². The van der Waals surface area contributed by atoms with E-state index in [9.17, 15) is 33.9 Å². The Morgan fingerprint density at radius 3 is 2.11 bits per heavy atom. The number of carbonyl (C=O) groups excluding carboxylic acids is 5. The van der Waals surface area contributed by atoms with Gasteiger partial charge in [-0.3, -0.25) is 29.0 Å². The van der Waals surface area contributed by atoms with Gasteiger partial charge in [-0.2, -0.15) is 0 Å². The molecule has 5 atom stereocenters. The van der Waals surface area contributed by atoms with Crippen molar-refractivity contribution in [3.8, 4) is 0 Å². The van der Waals surface area contributed by atoms with Gasteiger partial charge >= 0.3 is 5.97 Å². The van der Waals surface area contributed by atoms with Crippen molar-refractivity contribution in [2.24, 2.45) is 28.3 Å². The summed E-state index contributed by atoms with van der Waals surface area (Å²) >= 11 is 0. The van der Waals surface area contributed by atoms with E-state index in [4.69, 9.17) is 11.5 Å². The highest BCUT2D eigenvalue weighted by Gasteiger charge is 2.41. The van der Waals surface area contributed by atoms with Crippen molar-refractivity contribution in [3.05, 3.63) is 71.3 Å². The predicted molar refractivity (Wildman–Crippen MR) is 207 cm³/mol. The summed E-state index contributed by atoms with van der Waals surface area (Å²) < 4.78 is 0. The highest BCUT2D eigenvalue weighted by molar-refractivity contribution is 5.96. The Kier molecular flexibility index (Phi) is 15.6. The zero-order chi connectivity index (χ0) is 40.1. The number of benzene rings is 2. The average molecular weight is 761 g/mol. The lowest BCUT2D eigenvalue weighted by Crippen LogP contribution is -2.62. The SMILES string of the molecule is CC(=O)N[C@H](C(=O)NC(C(=O)N[C@@H](CCCN=C(N)N)C(=O)N1Cc2ccccc2C[C@H]1C(=O)N[C@@H](Cc1ccccc1)C(=O)O)C1CCCCC1)C(C)C. The van der Waals surface area contributed by atoms with Gasteiger partial charge in [-0.1, -0.05) is 87.7 Å². The lowest BCUT2D eigenvalue weighted by molar-refractivity contribution is -0.147. The second-order valence-electron chi connectivity index (χ2n) is 14.9. The van der Waals surface area contributed by atoms with Crippen LogP contribution in [0.1, 0.15) is 82.4 Å². The summed E-state index contributed by atoms with van der Waals surface area (Å²) in [5.74, 6) is -4.44. The fraction of sp³-hybridized carbons (Fsp3) is 0.525. The molecule has 1 aliphatic carbocycles. The molecule has 1 aliphatic heterocycles. The Morgan fingerprint density at radius 2 is 1.49 bits per heavy atom. The number of fused-ring (bicyclic) bond motifs is 1. The molecular formula is C40H56N8O7. The zero-order valence-electron chi connectivity index (χ0n) is 32.0. The summed E-state index contributed by atoms with van der Waals surface area (Å²) in [6.07, 6.45) is 4.68. The number of amides is 5. The van der Waals surface area contributed by atoms with Crippen LogP contribution in [-0.2, 0) is 48.2 Å². The van der Waals surface area contributed by atoms with E-state index in [1.54, 1.807) is 38.1 Å². The van der Waals surface area contributed by atoms with Gasteiger partial charge < -0.3 is 42.7 Å². The van der Waals surface area contributed by atoms with Gasteiger partial charge in [0.1, 0.15) is 30.2 Å². The summed E-state index contributed by atoms with van der Waals surface area (Å²) in [6, 6.07) is 11.0. The second kappa shape index (κ2) is 20.3. The van der Waals surface area contributed by atoms with Gasteiger partial charge in [0.2, 0.25) is 29.5 Å². The van der Waals surface area contributed by atoms with E-state index >= 15 is 0 Å². The molecule has 5 amide bonds. The molecule has 2 aliphatic rings. The van der Waals surface area contributed by atoms with Crippen molar-refractivity contribution < 1.29 is 33.9 Å². The van der Waals surface area contributed by atoms with E-state index in [1.807, 2.05) is 30.3 Å². The number of nitrogens with one attached hydrogen (secondary N) is 4. The molecule has 0 spiro atoms. The van der Waals surface area contributed by atoms with Crippen LogP contribution < -0.4 is 32.7 Å². The molecule has 0 aromatic heterocycles. The molecule has 55 heavy (non-hydrogen) atoms. The molecule has 4 rings (SSSR count). The van der Waals surface area contributed by atoms with E-state index in [2.05, 4.69) is 26.3 Å². The van der Waals surface area contributed by atoms with Gasteiger partial charge in [-0.05, 0) is 54.2 Å². The summed E-state index contributed by atoms with van der Waals surface area (Å²) in [6.45, 7) is 5.13. The molecule has 2 aromatic carbocycles. The summed E-state index contributed by atoms with van der Waals surface area (Å²) in [4.78, 5) is 86.5. The van der Waals surface area contributed by atoms with Crippen LogP contribution in [-0.4, -0.2) is 88.2 Å². The second-order valence-corrected chi connectivity index (χ2v) is 14.9. The fourth-order valence-electron chi connectivity index (χ4n) is 7.39. The Bertz CT molecular complexity index is 1690. The predicted octanol–water partition coefficient (Wildman–Crippen LogP) is 1.52. The van der Waals surface area contributed by atoms with Crippen LogP contribution in [0, 0.1) is 11.8 Å². The maximum Gasteiger partial charge on any atom is 0.326 e. The van der Waals surface area contributed by atoms with Crippen LogP contribution in [0.15, 0.2) is 59.6 Å². The lowest BCUT2D eigenvalue weighted by Gasteiger charge is -2.39. The van der Waals surface area contributed by atoms with Crippen LogP contribution in [0.25, 0.3) is 0 Å². The van der Waals surface area contributed by atoms with Crippen LogP contribution in [0.4, 0.5) is 0 Å². The minimum Gasteiger partial charge on any atom is -0.480 e. The first-order valence-corrected chi connectivity index (χ1v) is 19.1. The normalized spacial score (nSPS) is 17.7. The maximum atomic E-state index is 14.7. The lowest BCUT2D eigenvalue weighted by atomic mass is 9.83. The Labute approximate surface area is 322 Å². The van der Waals surface area contributed by atoms with Gasteiger partial charge in [0.15, 0.2) is 5.96 Å². The Morgan fingerprint density at radius 1 is 0.836 bits per heavy atom. The van der Waals surface area contributed by atoms with Gasteiger partial charge in [0.05, 0.1) is 0 Å². The monoisotopic (exact) mass is 760 g/mol. The van der Waals surface area contributed by atoms with E-state index < -0.39 is 59.8 Å². The van der Waals surface area contributed by atoms with Crippen molar-refractivity contribution >= 4 is 41.5 Å². The summed E-state index contributed by atoms with van der Waals surface area (Å²) in [7, 11) is 0. The molecule has 1 saturated carbocycles. The number of rotatable bonds is 17. The molecule has 15 nitrogen and oxygen atoms in total. The number of nitrogens with two attached hydrogens (primary N) is 2. The van der Waals surface area contributed by atoms with Crippen molar-refractivity contribution in [3.63, 3.8) is 0 Å². The third-order valence-electron chi connectivity index (χ3n) is 10.3. The topological polar surface area (TPSA) is 238 Å². The zero-order valence-corrected chi connectivity index (χ0v) is 32.0. The molecule has 2 aromatic rings. The first-order chi connectivity index (χ1) is 26.2. The number of nitrogens with zero attached hydrogens (tertiary/aromatic N) is 2. The quantitative estimate of drug-likeness (QED) is 0.0702. The van der Waals surface area contributed by atoms with Crippen LogP contribution in [0.2, 0.25) is 0 Å². The molecular weight excluding hydrogens is 704 g/mol. The third kappa shape index (κ3) is 12.3. The molecule has 15 heteroatoms. The van der Waals surface area contributed by atoms with E-state index in [1.165, 1.54) is 11.8 Å². The molecule has 0 bridgehead atoms. The fourth-order valence-corrected chi connectivity index (χ4v) is 7.39. The van der Waals surface area contributed by atoms with Gasteiger partial charge in [-0.15, -0.1) is 0 Å². The number of aliphatic imine (C=N–C) groups is 1. The Hall–Kier alpha value is -5.47. The summed E-state index contributed by atoms with van der Waals surface area (Å²) in [5.41, 5.74) is 13.5. The Balaban J connectivity index is 1.65. The smallest absolute Gasteiger partial charge is 0.326 e. The number of aliphatic carboxylic acids is 1. The first-order valence-electron chi connectivity index (χ1n) is 19.1. The van der Waals surface area contributed by atoms with E-state index in [0.29, 0.717) is 19.3 Å². The summed E-state index contributed by atoms with van der Waals surface area (Å²) in [5, 5.41) is 21.2. The van der Waals surface area contributed by atoms with Crippen molar-refractivity contribution in [2.45, 2.75) is 115 Å².